The fourth-order valence-corrected chi connectivity index (χ4v) is 15.2. The first-order valence-electron chi connectivity index (χ1n) is 26.7. The van der Waals surface area contributed by atoms with Gasteiger partial charge in [0.25, 0.3) is 0 Å². The van der Waals surface area contributed by atoms with E-state index in [9.17, 15) is 10.5 Å². The van der Waals surface area contributed by atoms with Gasteiger partial charge in [-0.15, -0.1) is 0 Å². The van der Waals surface area contributed by atoms with Crippen molar-refractivity contribution in [2.45, 2.75) is 101 Å². The minimum absolute atomic E-state index is 0.121. The third kappa shape index (κ3) is 6.05. The monoisotopic (exact) mass is 955 g/mol. The molecule has 10 aromatic rings. The number of nitrogens with zero attached hydrogens (tertiary/aromatic N) is 5. The molecule has 0 bridgehead atoms. The van der Waals surface area contributed by atoms with Gasteiger partial charge >= 0.3 is 0 Å². The van der Waals surface area contributed by atoms with Crippen molar-refractivity contribution < 1.29 is 0 Å². The van der Waals surface area contributed by atoms with Gasteiger partial charge in [0.1, 0.15) is 0 Å². The Bertz CT molecular complexity index is 4100. The molecule has 0 amide bonds. The highest BCUT2D eigenvalue weighted by Gasteiger charge is 2.59. The molecule has 358 valence electrons. The topological polar surface area (TPSA) is 67.0 Å². The smallest absolute Gasteiger partial charge is 0.0992 e. The number of hydrogen-bond acceptors (Lipinski definition) is 5. The third-order valence-electron chi connectivity index (χ3n) is 19.2. The average Bonchev–Trinajstić information content (AvgIpc) is 3.81. The number of aromatic nitrogens is 1. The zero-order chi connectivity index (χ0) is 50.1. The number of nitriles is 2. The minimum Gasteiger partial charge on any atom is -0.334 e. The van der Waals surface area contributed by atoms with Gasteiger partial charge in [-0.3, -0.25) is 4.98 Å². The lowest BCUT2D eigenvalue weighted by molar-refractivity contribution is 0.195. The van der Waals surface area contributed by atoms with Gasteiger partial charge < -0.3 is 9.80 Å². The molecule has 3 heterocycles. The SMILES string of the molecule is CC12CCCCC1(C)N(c1cccc(C#N)c1)c1ccc(-c3c4ccccc4c(-c4ccc5c(c4)C4(C)CCCCC4(C)N5c4cccc(C#N)c4)c4cc5c(cc34)c(-c3cccnc3)cc3ccccc35)cc12. The fraction of sp³-hybridized carbons (Fsp3) is 0.232. The summed E-state index contributed by atoms with van der Waals surface area (Å²) < 4.78 is 0. The summed E-state index contributed by atoms with van der Waals surface area (Å²) in [6.07, 6.45) is 12.9. The van der Waals surface area contributed by atoms with Crippen LogP contribution in [0.3, 0.4) is 0 Å². The van der Waals surface area contributed by atoms with Gasteiger partial charge in [-0.05, 0) is 206 Å². The zero-order valence-corrected chi connectivity index (χ0v) is 42.6. The highest BCUT2D eigenvalue weighted by Crippen LogP contribution is 2.64. The summed E-state index contributed by atoms with van der Waals surface area (Å²) in [4.78, 5) is 9.81. The Kier molecular flexibility index (Phi) is 9.69. The molecule has 0 saturated heterocycles. The van der Waals surface area contributed by atoms with E-state index in [-0.39, 0.29) is 21.9 Å². The standard InChI is InChI=1S/C69H57N5/c1-66-29-9-11-31-68(66,3)73(50-20-13-16-44(34-50)41-70)62-27-25-47(37-60(62)66)64-53-23-7-8-24-54(53)65(59-40-57-55(49-19-15-33-72-43-49)36-46-18-5-6-22-52(46)56(57)39-58(59)64)48-26-28-63-61(38-48)67(2)30-10-12-32-69(67,4)74(63)51-21-14-17-45(35-51)42-71/h5-8,13-28,33-40,43H,9-12,29-32H2,1-4H3. The van der Waals surface area contributed by atoms with E-state index in [4.69, 9.17) is 0 Å². The summed E-state index contributed by atoms with van der Waals surface area (Å²) in [5.74, 6) is 0. The van der Waals surface area contributed by atoms with Crippen LogP contribution in [-0.4, -0.2) is 16.1 Å². The Morgan fingerprint density at radius 2 is 0.946 bits per heavy atom. The van der Waals surface area contributed by atoms with E-state index in [1.165, 1.54) is 119 Å². The molecule has 4 unspecified atom stereocenters. The van der Waals surface area contributed by atoms with Gasteiger partial charge in [0.15, 0.2) is 0 Å². The molecule has 4 aliphatic rings. The van der Waals surface area contributed by atoms with Crippen LogP contribution in [0, 0.1) is 22.7 Å². The quantitative estimate of drug-likeness (QED) is 0.127. The molecule has 0 radical (unpaired) electrons. The molecule has 0 spiro atoms. The van der Waals surface area contributed by atoms with Crippen molar-refractivity contribution in [2.75, 3.05) is 9.80 Å². The number of fused-ring (bicyclic) bond motifs is 11. The normalized spacial score (nSPS) is 22.8. The number of hydrogen-bond donors (Lipinski definition) is 0. The van der Waals surface area contributed by atoms with E-state index >= 15 is 0 Å². The largest absolute Gasteiger partial charge is 0.334 e. The third-order valence-corrected chi connectivity index (χ3v) is 19.2. The number of rotatable bonds is 5. The molecule has 5 nitrogen and oxygen atoms in total. The van der Waals surface area contributed by atoms with Crippen LogP contribution in [0.4, 0.5) is 22.7 Å². The molecular formula is C69H57N5. The Hall–Kier alpha value is -8.25. The Morgan fingerprint density at radius 3 is 1.47 bits per heavy atom. The second-order valence-corrected chi connectivity index (χ2v) is 22.7. The highest BCUT2D eigenvalue weighted by molar-refractivity contribution is 6.27. The van der Waals surface area contributed by atoms with Crippen LogP contribution in [0.25, 0.3) is 76.5 Å². The maximum Gasteiger partial charge on any atom is 0.0992 e. The van der Waals surface area contributed by atoms with E-state index < -0.39 is 0 Å². The molecule has 9 aromatic carbocycles. The van der Waals surface area contributed by atoms with E-state index in [0.29, 0.717) is 11.1 Å². The highest BCUT2D eigenvalue weighted by atomic mass is 15.3. The lowest BCUT2D eigenvalue weighted by Crippen LogP contribution is -2.54. The summed E-state index contributed by atoms with van der Waals surface area (Å²) in [5, 5.41) is 29.9. The molecule has 2 saturated carbocycles. The van der Waals surface area contributed by atoms with Gasteiger partial charge in [0.05, 0.1) is 34.3 Å². The zero-order valence-electron chi connectivity index (χ0n) is 42.6. The van der Waals surface area contributed by atoms with E-state index in [0.717, 1.165) is 42.6 Å². The van der Waals surface area contributed by atoms with Crippen molar-refractivity contribution in [1.82, 2.24) is 4.98 Å². The maximum absolute atomic E-state index is 10.1. The Labute approximate surface area is 434 Å². The van der Waals surface area contributed by atoms with Crippen LogP contribution >= 0.6 is 0 Å². The van der Waals surface area contributed by atoms with Crippen LogP contribution in [0.5, 0.6) is 0 Å². The molecule has 4 atom stereocenters. The number of anilines is 4. The summed E-state index contributed by atoms with van der Waals surface area (Å²) >= 11 is 0. The first-order chi connectivity index (χ1) is 36.1. The van der Waals surface area contributed by atoms with E-state index in [1.807, 2.05) is 42.7 Å². The van der Waals surface area contributed by atoms with Gasteiger partial charge in [0.2, 0.25) is 0 Å². The second-order valence-electron chi connectivity index (χ2n) is 22.7. The van der Waals surface area contributed by atoms with Crippen LogP contribution in [0.2, 0.25) is 0 Å². The fourth-order valence-electron chi connectivity index (χ4n) is 15.2. The molecule has 74 heavy (non-hydrogen) atoms. The van der Waals surface area contributed by atoms with Crippen molar-refractivity contribution in [3.05, 3.63) is 198 Å². The molecule has 1 aromatic heterocycles. The predicted octanol–water partition coefficient (Wildman–Crippen LogP) is 17.9. The molecule has 2 aliphatic carbocycles. The van der Waals surface area contributed by atoms with E-state index in [2.05, 4.69) is 188 Å². The van der Waals surface area contributed by atoms with Gasteiger partial charge in [-0.1, -0.05) is 118 Å². The summed E-state index contributed by atoms with van der Waals surface area (Å²) in [6.45, 7) is 9.95. The molecule has 2 fully saturated rings. The molecular weight excluding hydrogens is 899 g/mol. The van der Waals surface area contributed by atoms with Crippen LogP contribution < -0.4 is 9.80 Å². The number of benzene rings is 9. The maximum atomic E-state index is 10.1. The minimum atomic E-state index is -0.170. The van der Waals surface area contributed by atoms with Crippen molar-refractivity contribution in [1.29, 1.82) is 10.5 Å². The predicted molar refractivity (Wildman–Crippen MR) is 306 cm³/mol. The van der Waals surface area contributed by atoms with Crippen molar-refractivity contribution in [2.24, 2.45) is 0 Å². The molecule has 0 N–H and O–H groups in total. The first-order valence-corrected chi connectivity index (χ1v) is 26.7. The summed E-state index contributed by atoms with van der Waals surface area (Å²) in [6, 6.07) is 65.6. The molecule has 5 heteroatoms. The summed E-state index contributed by atoms with van der Waals surface area (Å²) in [5.41, 5.74) is 15.4. The summed E-state index contributed by atoms with van der Waals surface area (Å²) in [7, 11) is 0. The Morgan fingerprint density at radius 1 is 0.432 bits per heavy atom. The molecule has 14 rings (SSSR count). The van der Waals surface area contributed by atoms with Gasteiger partial charge in [0, 0.05) is 51.5 Å². The second kappa shape index (κ2) is 16.1. The van der Waals surface area contributed by atoms with Gasteiger partial charge in [-0.2, -0.15) is 10.5 Å². The van der Waals surface area contributed by atoms with Crippen LogP contribution in [0.1, 0.15) is 101 Å². The van der Waals surface area contributed by atoms with Crippen molar-refractivity contribution in [3.63, 3.8) is 0 Å². The van der Waals surface area contributed by atoms with Crippen molar-refractivity contribution >= 4 is 65.8 Å². The number of pyridine rings is 1. The Balaban J connectivity index is 1.08. The van der Waals surface area contributed by atoms with Crippen LogP contribution in [-0.2, 0) is 10.8 Å². The van der Waals surface area contributed by atoms with Crippen LogP contribution in [0.15, 0.2) is 176 Å². The van der Waals surface area contributed by atoms with Crippen molar-refractivity contribution in [3.8, 4) is 45.5 Å². The molecule has 2 aliphatic heterocycles. The van der Waals surface area contributed by atoms with E-state index in [1.54, 1.807) is 0 Å². The lowest BCUT2D eigenvalue weighted by atomic mass is 9.61. The average molecular weight is 956 g/mol. The first kappa shape index (κ1) is 44.5. The lowest BCUT2D eigenvalue weighted by Gasteiger charge is -2.50. The van der Waals surface area contributed by atoms with Gasteiger partial charge in [-0.25, -0.2) is 0 Å².